The lowest BCUT2D eigenvalue weighted by Crippen LogP contribution is -1.97. The zero-order chi connectivity index (χ0) is 15.2. The first kappa shape index (κ1) is 14.8. The molecule has 0 aliphatic heterocycles. The number of benzene rings is 1. The molecule has 0 bridgehead atoms. The Morgan fingerprint density at radius 3 is 2.67 bits per heavy atom. The van der Waals surface area contributed by atoms with Gasteiger partial charge in [0, 0.05) is 17.7 Å². The highest BCUT2D eigenvalue weighted by Crippen LogP contribution is 2.18. The third-order valence-electron chi connectivity index (χ3n) is 3.08. The summed E-state index contributed by atoms with van der Waals surface area (Å²) < 4.78 is 0. The number of aromatic nitrogens is 2. The lowest BCUT2D eigenvalue weighted by molar-refractivity contribution is 0.0988. The number of imidazole rings is 1. The molecule has 1 aromatic heterocycles. The van der Waals surface area contributed by atoms with Gasteiger partial charge >= 0.3 is 0 Å². The Kier molecular flexibility index (Phi) is 4.72. The van der Waals surface area contributed by atoms with E-state index >= 15 is 0 Å². The molecule has 2 rings (SSSR count). The number of hydrogen-bond acceptors (Lipinski definition) is 3. The molecule has 0 aliphatic rings. The third-order valence-corrected chi connectivity index (χ3v) is 3.08. The van der Waals surface area contributed by atoms with Crippen molar-refractivity contribution in [2.45, 2.75) is 20.3 Å². The van der Waals surface area contributed by atoms with Crippen molar-refractivity contribution < 1.29 is 4.79 Å². The van der Waals surface area contributed by atoms with Gasteiger partial charge in [-0.2, -0.15) is 0 Å². The molecule has 0 aliphatic carbocycles. The number of nitrogens with one attached hydrogen (secondary N) is 2. The van der Waals surface area contributed by atoms with E-state index in [4.69, 9.17) is 0 Å². The van der Waals surface area contributed by atoms with E-state index in [9.17, 15) is 4.79 Å². The molecule has 0 saturated carbocycles. The average Bonchev–Trinajstić information content (AvgIpc) is 2.89. The van der Waals surface area contributed by atoms with Crippen molar-refractivity contribution in [2.75, 3.05) is 5.32 Å². The highest BCUT2D eigenvalue weighted by molar-refractivity contribution is 5.96. The van der Waals surface area contributed by atoms with E-state index in [1.165, 1.54) is 0 Å². The topological polar surface area (TPSA) is 57.8 Å². The summed E-state index contributed by atoms with van der Waals surface area (Å²) in [7, 11) is 0. The summed E-state index contributed by atoms with van der Waals surface area (Å²) >= 11 is 0. The summed E-state index contributed by atoms with van der Waals surface area (Å²) in [6.45, 7) is 7.56. The SMILES string of the molecule is C=Cc1nc(Nc2ccc(C(=O)CC)cc2)[nH]c1/C=C\C. The first-order valence-corrected chi connectivity index (χ1v) is 6.93. The fourth-order valence-corrected chi connectivity index (χ4v) is 1.99. The van der Waals surface area contributed by atoms with Gasteiger partial charge in [0.05, 0.1) is 11.4 Å². The quantitative estimate of drug-likeness (QED) is 0.770. The predicted octanol–water partition coefficient (Wildman–Crippen LogP) is 4.42. The largest absolute Gasteiger partial charge is 0.326 e. The lowest BCUT2D eigenvalue weighted by Gasteiger charge is -2.04. The molecule has 0 unspecified atom stereocenters. The number of H-pyrrole nitrogens is 1. The van der Waals surface area contributed by atoms with E-state index in [0.29, 0.717) is 12.4 Å². The first-order valence-electron chi connectivity index (χ1n) is 6.93. The van der Waals surface area contributed by atoms with E-state index < -0.39 is 0 Å². The molecule has 1 aromatic carbocycles. The molecular formula is C17H19N3O. The molecular weight excluding hydrogens is 262 g/mol. The number of carbonyl (C=O) groups excluding carboxylic acids is 1. The normalized spacial score (nSPS) is 10.8. The van der Waals surface area contributed by atoms with Crippen LogP contribution < -0.4 is 5.32 Å². The number of allylic oxidation sites excluding steroid dienone is 1. The van der Waals surface area contributed by atoms with Crippen molar-refractivity contribution in [1.29, 1.82) is 0 Å². The molecule has 2 aromatic rings. The lowest BCUT2D eigenvalue weighted by atomic mass is 10.1. The van der Waals surface area contributed by atoms with E-state index in [1.54, 1.807) is 6.08 Å². The molecule has 2 N–H and O–H groups in total. The Bertz CT molecular complexity index is 666. The highest BCUT2D eigenvalue weighted by Gasteiger charge is 2.06. The van der Waals surface area contributed by atoms with Gasteiger partial charge in [0.15, 0.2) is 5.78 Å². The van der Waals surface area contributed by atoms with E-state index in [1.807, 2.05) is 50.3 Å². The molecule has 0 radical (unpaired) electrons. The second-order valence-corrected chi connectivity index (χ2v) is 4.57. The fourth-order valence-electron chi connectivity index (χ4n) is 1.99. The smallest absolute Gasteiger partial charge is 0.205 e. The summed E-state index contributed by atoms with van der Waals surface area (Å²) in [4.78, 5) is 19.2. The van der Waals surface area contributed by atoms with Gasteiger partial charge in [0.1, 0.15) is 0 Å². The molecule has 4 nitrogen and oxygen atoms in total. The number of nitrogens with zero attached hydrogens (tertiary/aromatic N) is 1. The van der Waals surface area contributed by atoms with Crippen LogP contribution in [0.15, 0.2) is 36.9 Å². The van der Waals surface area contributed by atoms with Crippen LogP contribution in [0.1, 0.15) is 42.0 Å². The molecule has 1 heterocycles. The van der Waals surface area contributed by atoms with Crippen LogP contribution >= 0.6 is 0 Å². The van der Waals surface area contributed by atoms with Crippen LogP contribution in [0.3, 0.4) is 0 Å². The predicted molar refractivity (Wildman–Crippen MR) is 87.7 cm³/mol. The Morgan fingerprint density at radius 2 is 2.10 bits per heavy atom. The monoisotopic (exact) mass is 281 g/mol. The molecule has 0 fully saturated rings. The van der Waals surface area contributed by atoms with Crippen LogP contribution in [-0.4, -0.2) is 15.8 Å². The summed E-state index contributed by atoms with van der Waals surface area (Å²) in [5.74, 6) is 0.788. The van der Waals surface area contributed by atoms with Gasteiger partial charge in [-0.25, -0.2) is 4.98 Å². The Morgan fingerprint density at radius 1 is 1.38 bits per heavy atom. The molecule has 108 valence electrons. The van der Waals surface area contributed by atoms with Crippen LogP contribution in [0, 0.1) is 0 Å². The van der Waals surface area contributed by atoms with Crippen molar-refractivity contribution in [1.82, 2.24) is 9.97 Å². The minimum Gasteiger partial charge on any atom is -0.326 e. The van der Waals surface area contributed by atoms with Gasteiger partial charge in [-0.05, 0) is 43.3 Å². The van der Waals surface area contributed by atoms with Crippen molar-refractivity contribution in [2.24, 2.45) is 0 Å². The Labute approximate surface area is 124 Å². The number of Topliss-reactive ketones (excluding diaryl/α,β-unsaturated/α-hetero) is 1. The summed E-state index contributed by atoms with van der Waals surface area (Å²) in [5, 5.41) is 3.18. The number of rotatable bonds is 6. The standard InChI is InChI=1S/C17H19N3O/c1-4-7-15-14(5-2)19-17(20-15)18-13-10-8-12(9-11-13)16(21)6-3/h4-5,7-11H,2,6H2,1,3H3,(H2,18,19,20)/b7-4-. The highest BCUT2D eigenvalue weighted by atomic mass is 16.1. The molecule has 0 saturated heterocycles. The van der Waals surface area contributed by atoms with Gasteiger partial charge in [0.25, 0.3) is 0 Å². The van der Waals surface area contributed by atoms with E-state index in [2.05, 4.69) is 21.9 Å². The fraction of sp³-hybridized carbons (Fsp3) is 0.176. The van der Waals surface area contributed by atoms with Gasteiger partial charge in [-0.15, -0.1) is 0 Å². The summed E-state index contributed by atoms with van der Waals surface area (Å²) in [5.41, 5.74) is 3.31. The van der Waals surface area contributed by atoms with Gasteiger partial charge in [-0.3, -0.25) is 4.79 Å². The Hall–Kier alpha value is -2.62. The Balaban J connectivity index is 2.18. The van der Waals surface area contributed by atoms with Crippen LogP contribution in [0.25, 0.3) is 12.2 Å². The maximum Gasteiger partial charge on any atom is 0.205 e. The number of aromatic amines is 1. The zero-order valence-corrected chi connectivity index (χ0v) is 12.3. The van der Waals surface area contributed by atoms with Gasteiger partial charge in [0.2, 0.25) is 5.95 Å². The maximum atomic E-state index is 11.6. The molecule has 4 heteroatoms. The van der Waals surface area contributed by atoms with Crippen LogP contribution in [0.4, 0.5) is 11.6 Å². The van der Waals surface area contributed by atoms with Crippen LogP contribution in [0.5, 0.6) is 0 Å². The zero-order valence-electron chi connectivity index (χ0n) is 12.3. The maximum absolute atomic E-state index is 11.6. The van der Waals surface area contributed by atoms with Crippen molar-refractivity contribution in [3.8, 4) is 0 Å². The second-order valence-electron chi connectivity index (χ2n) is 4.57. The summed E-state index contributed by atoms with van der Waals surface area (Å²) in [6.07, 6.45) is 6.11. The van der Waals surface area contributed by atoms with Crippen LogP contribution in [-0.2, 0) is 0 Å². The van der Waals surface area contributed by atoms with Crippen molar-refractivity contribution in [3.63, 3.8) is 0 Å². The second kappa shape index (κ2) is 6.70. The number of carbonyl (C=O) groups is 1. The van der Waals surface area contributed by atoms with E-state index in [-0.39, 0.29) is 5.78 Å². The average molecular weight is 281 g/mol. The molecule has 0 amide bonds. The minimum atomic E-state index is 0.142. The number of hydrogen-bond donors (Lipinski definition) is 2. The number of anilines is 2. The van der Waals surface area contributed by atoms with Crippen molar-refractivity contribution in [3.05, 3.63) is 53.9 Å². The van der Waals surface area contributed by atoms with Gasteiger partial charge in [-0.1, -0.05) is 19.6 Å². The summed E-state index contributed by atoms with van der Waals surface area (Å²) in [6, 6.07) is 7.37. The first-order chi connectivity index (χ1) is 10.2. The molecule has 0 atom stereocenters. The van der Waals surface area contributed by atoms with Crippen LogP contribution in [0.2, 0.25) is 0 Å². The molecule has 0 spiro atoms. The van der Waals surface area contributed by atoms with Crippen molar-refractivity contribution >= 4 is 29.6 Å². The minimum absolute atomic E-state index is 0.142. The van der Waals surface area contributed by atoms with Gasteiger partial charge < -0.3 is 10.3 Å². The number of ketones is 1. The molecule has 21 heavy (non-hydrogen) atoms. The van der Waals surface area contributed by atoms with E-state index in [0.717, 1.165) is 22.6 Å². The third kappa shape index (κ3) is 3.48.